The fourth-order valence-corrected chi connectivity index (χ4v) is 2.60. The quantitative estimate of drug-likeness (QED) is 0.643. The normalized spacial score (nSPS) is 13.0. The molecule has 22 heavy (non-hydrogen) atoms. The van der Waals surface area contributed by atoms with Crippen molar-refractivity contribution in [3.8, 4) is 0 Å². The maximum atomic E-state index is 2.28. The van der Waals surface area contributed by atoms with Crippen LogP contribution in [-0.4, -0.2) is 7.05 Å². The molecule has 1 nitrogen and oxygen atoms in total. The summed E-state index contributed by atoms with van der Waals surface area (Å²) >= 11 is 0. The topological polar surface area (TPSA) is 3.24 Å². The predicted octanol–water partition coefficient (Wildman–Crippen LogP) is 6.27. The molecule has 0 spiro atoms. The maximum Gasteiger partial charge on any atom is 0.0408 e. The molecular formula is C21H29N. The van der Waals surface area contributed by atoms with Crippen molar-refractivity contribution in [1.29, 1.82) is 0 Å². The van der Waals surface area contributed by atoms with Gasteiger partial charge in [0.25, 0.3) is 0 Å². The van der Waals surface area contributed by atoms with Crippen molar-refractivity contribution in [3.63, 3.8) is 0 Å². The number of hydrogen-bond acceptors (Lipinski definition) is 1. The molecule has 0 aliphatic heterocycles. The Morgan fingerprint density at radius 2 is 1.32 bits per heavy atom. The number of rotatable bonds is 4. The van der Waals surface area contributed by atoms with Crippen molar-refractivity contribution in [3.05, 3.63) is 59.7 Å². The molecule has 2 aromatic carbocycles. The summed E-state index contributed by atoms with van der Waals surface area (Å²) in [6, 6.07) is 17.8. The van der Waals surface area contributed by atoms with Gasteiger partial charge in [-0.05, 0) is 53.1 Å². The first-order valence-electron chi connectivity index (χ1n) is 8.27. The van der Waals surface area contributed by atoms with Crippen LogP contribution >= 0.6 is 0 Å². The van der Waals surface area contributed by atoms with Crippen molar-refractivity contribution in [1.82, 2.24) is 0 Å². The molecule has 1 atom stereocenters. The molecule has 118 valence electrons. The van der Waals surface area contributed by atoms with Gasteiger partial charge in [0.15, 0.2) is 0 Å². The van der Waals surface area contributed by atoms with Crippen LogP contribution in [0.5, 0.6) is 0 Å². The van der Waals surface area contributed by atoms with Crippen LogP contribution in [0.1, 0.15) is 58.1 Å². The van der Waals surface area contributed by atoms with E-state index in [0.717, 1.165) is 0 Å². The van der Waals surface area contributed by atoms with Crippen LogP contribution in [0.4, 0.5) is 11.4 Å². The Morgan fingerprint density at radius 3 is 1.73 bits per heavy atom. The Hall–Kier alpha value is -1.76. The second kappa shape index (κ2) is 6.56. The lowest BCUT2D eigenvalue weighted by atomic mass is 9.87. The first kappa shape index (κ1) is 16.6. The molecule has 0 heterocycles. The minimum Gasteiger partial charge on any atom is -0.345 e. The van der Waals surface area contributed by atoms with Crippen LogP contribution in [0.15, 0.2) is 48.5 Å². The monoisotopic (exact) mass is 295 g/mol. The average molecular weight is 295 g/mol. The van der Waals surface area contributed by atoms with Gasteiger partial charge in [-0.1, -0.05) is 58.9 Å². The standard InChI is InChI=1S/C21H29N/c1-7-16(2)17-8-12-19(13-9-17)22(6)20-14-10-18(11-15-20)21(3,4)5/h8-16H,7H2,1-6H3. The van der Waals surface area contributed by atoms with E-state index < -0.39 is 0 Å². The van der Waals surface area contributed by atoms with Crippen LogP contribution < -0.4 is 4.90 Å². The molecule has 2 aromatic rings. The molecular weight excluding hydrogens is 266 g/mol. The van der Waals surface area contributed by atoms with Gasteiger partial charge in [-0.25, -0.2) is 0 Å². The van der Waals surface area contributed by atoms with Crippen molar-refractivity contribution in [2.24, 2.45) is 0 Å². The molecule has 0 aliphatic rings. The van der Waals surface area contributed by atoms with E-state index in [4.69, 9.17) is 0 Å². The first-order chi connectivity index (χ1) is 10.3. The first-order valence-corrected chi connectivity index (χ1v) is 8.27. The van der Waals surface area contributed by atoms with Crippen LogP contribution in [0, 0.1) is 0 Å². The smallest absolute Gasteiger partial charge is 0.0408 e. The summed E-state index contributed by atoms with van der Waals surface area (Å²) in [7, 11) is 2.13. The predicted molar refractivity (Wildman–Crippen MR) is 98.4 cm³/mol. The molecule has 0 amide bonds. The third-order valence-corrected chi connectivity index (χ3v) is 4.58. The van der Waals surface area contributed by atoms with Crippen molar-refractivity contribution >= 4 is 11.4 Å². The maximum absolute atomic E-state index is 2.28. The molecule has 0 saturated heterocycles. The molecule has 0 aromatic heterocycles. The van der Waals surface area contributed by atoms with E-state index in [1.54, 1.807) is 0 Å². The van der Waals surface area contributed by atoms with Gasteiger partial charge < -0.3 is 4.90 Å². The lowest BCUT2D eigenvalue weighted by Gasteiger charge is -2.23. The Bertz CT molecular complexity index is 587. The summed E-state index contributed by atoms with van der Waals surface area (Å²) in [5.41, 5.74) is 5.45. The van der Waals surface area contributed by atoms with Crippen LogP contribution in [0.3, 0.4) is 0 Å². The van der Waals surface area contributed by atoms with Crippen molar-refractivity contribution in [2.45, 2.75) is 52.4 Å². The largest absolute Gasteiger partial charge is 0.345 e. The molecule has 0 aliphatic carbocycles. The minimum atomic E-state index is 0.203. The van der Waals surface area contributed by atoms with Gasteiger partial charge in [-0.15, -0.1) is 0 Å². The highest BCUT2D eigenvalue weighted by Gasteiger charge is 2.13. The molecule has 0 radical (unpaired) electrons. The third kappa shape index (κ3) is 3.71. The highest BCUT2D eigenvalue weighted by Crippen LogP contribution is 2.29. The summed E-state index contributed by atoms with van der Waals surface area (Å²) < 4.78 is 0. The number of nitrogens with zero attached hydrogens (tertiary/aromatic N) is 1. The zero-order valence-corrected chi connectivity index (χ0v) is 14.9. The highest BCUT2D eigenvalue weighted by atomic mass is 15.1. The summed E-state index contributed by atoms with van der Waals surface area (Å²) in [4.78, 5) is 2.24. The van der Waals surface area contributed by atoms with Crippen LogP contribution in [-0.2, 0) is 5.41 Å². The van der Waals surface area contributed by atoms with E-state index in [0.29, 0.717) is 5.92 Å². The summed E-state index contributed by atoms with van der Waals surface area (Å²) in [6.45, 7) is 11.3. The zero-order valence-electron chi connectivity index (χ0n) is 14.9. The minimum absolute atomic E-state index is 0.203. The van der Waals surface area contributed by atoms with Gasteiger partial charge in [0.05, 0.1) is 0 Å². The van der Waals surface area contributed by atoms with E-state index in [1.807, 2.05) is 0 Å². The van der Waals surface area contributed by atoms with E-state index >= 15 is 0 Å². The summed E-state index contributed by atoms with van der Waals surface area (Å²) in [6.07, 6.45) is 1.18. The van der Waals surface area contributed by atoms with Gasteiger partial charge in [0, 0.05) is 18.4 Å². The zero-order chi connectivity index (χ0) is 16.3. The van der Waals surface area contributed by atoms with Crippen molar-refractivity contribution < 1.29 is 0 Å². The molecule has 1 heteroatoms. The average Bonchev–Trinajstić information content (AvgIpc) is 2.53. The number of benzene rings is 2. The summed E-state index contributed by atoms with van der Waals surface area (Å²) in [5.74, 6) is 0.630. The van der Waals surface area contributed by atoms with Gasteiger partial charge in [0.1, 0.15) is 0 Å². The molecule has 0 saturated carbocycles. The highest BCUT2D eigenvalue weighted by molar-refractivity contribution is 5.63. The Kier molecular flexibility index (Phi) is 4.95. The Balaban J connectivity index is 2.19. The number of hydrogen-bond donors (Lipinski definition) is 0. The van der Waals surface area contributed by atoms with Gasteiger partial charge in [-0.3, -0.25) is 0 Å². The second-order valence-corrected chi connectivity index (χ2v) is 7.26. The molecule has 0 N–H and O–H groups in total. The fourth-order valence-electron chi connectivity index (χ4n) is 2.60. The molecule has 2 rings (SSSR count). The van der Waals surface area contributed by atoms with Crippen LogP contribution in [0.2, 0.25) is 0 Å². The summed E-state index contributed by atoms with van der Waals surface area (Å²) in [5, 5.41) is 0. The molecule has 0 fully saturated rings. The Morgan fingerprint density at radius 1 is 0.864 bits per heavy atom. The lowest BCUT2D eigenvalue weighted by Crippen LogP contribution is -2.13. The SMILES string of the molecule is CCC(C)c1ccc(N(C)c2ccc(C(C)(C)C)cc2)cc1. The number of anilines is 2. The van der Waals surface area contributed by atoms with E-state index in [1.165, 1.54) is 28.9 Å². The Labute approximate surface area is 136 Å². The van der Waals surface area contributed by atoms with Crippen LogP contribution in [0.25, 0.3) is 0 Å². The van der Waals surface area contributed by atoms with Crippen molar-refractivity contribution in [2.75, 3.05) is 11.9 Å². The lowest BCUT2D eigenvalue weighted by molar-refractivity contribution is 0.590. The van der Waals surface area contributed by atoms with E-state index in [2.05, 4.69) is 95.1 Å². The molecule has 1 unspecified atom stereocenters. The van der Waals surface area contributed by atoms with Gasteiger partial charge in [-0.2, -0.15) is 0 Å². The van der Waals surface area contributed by atoms with Gasteiger partial charge in [0.2, 0.25) is 0 Å². The van der Waals surface area contributed by atoms with E-state index in [9.17, 15) is 0 Å². The molecule has 0 bridgehead atoms. The third-order valence-electron chi connectivity index (χ3n) is 4.58. The van der Waals surface area contributed by atoms with Gasteiger partial charge >= 0.3 is 0 Å². The second-order valence-electron chi connectivity index (χ2n) is 7.26. The fraction of sp³-hybridized carbons (Fsp3) is 0.429. The van der Waals surface area contributed by atoms with E-state index in [-0.39, 0.29) is 5.41 Å².